The Morgan fingerprint density at radius 1 is 0.540 bits per heavy atom. The number of hydrogen-bond donors (Lipinski definition) is 0. The molecule has 2 atom stereocenters. The second-order valence-corrected chi connectivity index (χ2v) is 15.2. The predicted octanol–water partition coefficient (Wildman–Crippen LogP) is 11.8. The molecule has 1 aliphatic heterocycles. The van der Waals surface area contributed by atoms with Crippen molar-refractivity contribution in [3.63, 3.8) is 0 Å². The minimum atomic E-state index is 0.594. The zero-order valence-electron chi connectivity index (χ0n) is 30.1. The Hall–Kier alpha value is -4.00. The lowest BCUT2D eigenvalue weighted by molar-refractivity contribution is 0.233. The summed E-state index contributed by atoms with van der Waals surface area (Å²) in [4.78, 5) is 2.53. The molecular weight excluding hydrogens is 653 g/mol. The molecule has 6 rings (SSSR count). The van der Waals surface area contributed by atoms with Crippen molar-refractivity contribution in [3.05, 3.63) is 106 Å². The molecule has 2 unspecified atom stereocenters. The van der Waals surface area contributed by atoms with Gasteiger partial charge in [0.05, 0.1) is 24.6 Å². The molecule has 4 nitrogen and oxygen atoms in total. The summed E-state index contributed by atoms with van der Waals surface area (Å²) in [5, 5.41) is 11.3. The van der Waals surface area contributed by atoms with Gasteiger partial charge in [0.15, 0.2) is 0 Å². The number of hydrogen-bond acceptors (Lipinski definition) is 6. The van der Waals surface area contributed by atoms with Gasteiger partial charge in [-0.15, -0.1) is 22.7 Å². The van der Waals surface area contributed by atoms with Crippen LogP contribution in [-0.2, 0) is 0 Å². The molecule has 0 saturated carbocycles. The van der Waals surface area contributed by atoms with E-state index in [1.165, 1.54) is 69.8 Å². The van der Waals surface area contributed by atoms with Crippen molar-refractivity contribution in [1.29, 1.82) is 0 Å². The average Bonchev–Trinajstić information content (AvgIpc) is 3.91. The maximum Gasteiger partial charge on any atom is 0.119 e. The van der Waals surface area contributed by atoms with E-state index < -0.39 is 0 Å². The Morgan fingerprint density at radius 3 is 1.30 bits per heavy atom. The first-order valence-electron chi connectivity index (χ1n) is 18.6. The van der Waals surface area contributed by atoms with Crippen molar-refractivity contribution in [1.82, 2.24) is 0 Å². The van der Waals surface area contributed by atoms with Gasteiger partial charge in [0, 0.05) is 43.7 Å². The van der Waals surface area contributed by atoms with Crippen LogP contribution in [0.4, 0.5) is 11.4 Å². The Labute approximate surface area is 307 Å². The second-order valence-electron chi connectivity index (χ2n) is 13.3. The molecule has 0 fully saturated rings. The first kappa shape index (κ1) is 35.8. The standard InChI is InChI=1S/C44H52N2O2S2/c1-5-9-13-33(7-3)31-47-37-21-17-35(18-22-37)45-29-41-39(43-15-11-27-49-43)25-26-40(44-16-12-28-50-44)42(41)30-46(45)36-19-23-38(24-20-36)48-32-34(8-4)14-10-6-2/h11-12,15-30,33-34H,5-10,13-14,31-32H2,1-4H3. The quantitative estimate of drug-likeness (QED) is 0.0906. The third kappa shape index (κ3) is 8.65. The number of hydrazine groups is 1. The van der Waals surface area contributed by atoms with Gasteiger partial charge < -0.3 is 9.47 Å². The van der Waals surface area contributed by atoms with Gasteiger partial charge in [-0.05, 0) is 96.1 Å². The number of unbranched alkanes of at least 4 members (excludes halogenated alkanes) is 2. The Morgan fingerprint density at radius 2 is 0.960 bits per heavy atom. The third-order valence-electron chi connectivity index (χ3n) is 9.86. The lowest BCUT2D eigenvalue weighted by atomic mass is 10.0. The van der Waals surface area contributed by atoms with E-state index in [1.807, 2.05) is 0 Å². The molecule has 6 heteroatoms. The lowest BCUT2D eigenvalue weighted by Gasteiger charge is -2.36. The van der Waals surface area contributed by atoms with E-state index in [2.05, 4.69) is 146 Å². The zero-order valence-corrected chi connectivity index (χ0v) is 31.8. The summed E-state index contributed by atoms with van der Waals surface area (Å²) in [7, 11) is 0. The fourth-order valence-electron chi connectivity index (χ4n) is 6.59. The van der Waals surface area contributed by atoms with Crippen molar-refractivity contribution in [2.75, 3.05) is 23.2 Å². The first-order valence-corrected chi connectivity index (χ1v) is 20.4. The van der Waals surface area contributed by atoms with Gasteiger partial charge in [-0.2, -0.15) is 0 Å². The van der Waals surface area contributed by atoms with E-state index in [9.17, 15) is 0 Å². The van der Waals surface area contributed by atoms with E-state index in [4.69, 9.17) is 9.47 Å². The highest BCUT2D eigenvalue weighted by molar-refractivity contribution is 7.13. The van der Waals surface area contributed by atoms with Crippen molar-refractivity contribution < 1.29 is 9.47 Å². The fraction of sp³-hybridized carbons (Fsp3) is 0.364. The van der Waals surface area contributed by atoms with Crippen LogP contribution < -0.4 is 29.9 Å². The molecule has 0 radical (unpaired) electrons. The maximum absolute atomic E-state index is 6.31. The lowest BCUT2D eigenvalue weighted by Crippen LogP contribution is -2.46. The zero-order chi connectivity index (χ0) is 34.7. The largest absolute Gasteiger partial charge is 0.493 e. The number of thiophene rings is 2. The van der Waals surface area contributed by atoms with Crippen molar-refractivity contribution in [3.8, 4) is 32.4 Å². The highest BCUT2D eigenvalue weighted by Gasteiger charge is 2.21. The van der Waals surface area contributed by atoms with E-state index in [0.717, 1.165) is 48.9 Å². The topological polar surface area (TPSA) is 24.9 Å². The van der Waals surface area contributed by atoms with Crippen LogP contribution in [0.2, 0.25) is 0 Å². The molecule has 0 saturated heterocycles. The molecule has 3 aromatic carbocycles. The van der Waals surface area contributed by atoms with Crippen molar-refractivity contribution in [2.24, 2.45) is 11.8 Å². The van der Waals surface area contributed by atoms with Crippen LogP contribution in [0.3, 0.4) is 0 Å². The monoisotopic (exact) mass is 704 g/mol. The molecule has 50 heavy (non-hydrogen) atoms. The minimum Gasteiger partial charge on any atom is -0.493 e. The van der Waals surface area contributed by atoms with Gasteiger partial charge in [0.2, 0.25) is 0 Å². The molecule has 262 valence electrons. The Bertz CT molecular complexity index is 1730. The van der Waals surface area contributed by atoms with Crippen LogP contribution in [0.5, 0.6) is 11.5 Å². The smallest absolute Gasteiger partial charge is 0.119 e. The van der Waals surface area contributed by atoms with Crippen molar-refractivity contribution in [2.45, 2.75) is 79.1 Å². The number of nitrogens with zero attached hydrogens (tertiary/aromatic N) is 2. The molecule has 0 amide bonds. The molecule has 1 aliphatic rings. The van der Waals surface area contributed by atoms with Gasteiger partial charge in [0.25, 0.3) is 0 Å². The number of rotatable bonds is 18. The maximum atomic E-state index is 6.31. The molecule has 5 aromatic rings. The summed E-state index contributed by atoms with van der Waals surface area (Å²) in [6.45, 7) is 10.6. The molecule has 0 N–H and O–H groups in total. The van der Waals surface area contributed by atoms with Crippen LogP contribution in [-0.4, -0.2) is 13.2 Å². The van der Waals surface area contributed by atoms with Crippen LogP contribution in [0.1, 0.15) is 79.1 Å². The molecule has 2 aromatic heterocycles. The fourth-order valence-corrected chi connectivity index (χ4v) is 8.12. The van der Waals surface area contributed by atoms with Gasteiger partial charge >= 0.3 is 0 Å². The summed E-state index contributed by atoms with van der Waals surface area (Å²) in [5.74, 6) is 3.02. The molecule has 0 bridgehead atoms. The van der Waals surface area contributed by atoms with Gasteiger partial charge in [-0.1, -0.05) is 90.5 Å². The SMILES string of the molecule is CCCCC(CC)COc1ccc(N2C=c3c(-c4cccs4)ccc(-c4cccs4)c3=CN2c2ccc(OCC(CC)CCCC)cc2)cc1. The Kier molecular flexibility index (Phi) is 12.7. The molecule has 3 heterocycles. The summed E-state index contributed by atoms with van der Waals surface area (Å²) < 4.78 is 12.6. The number of benzene rings is 3. The van der Waals surface area contributed by atoms with Crippen LogP contribution in [0, 0.1) is 11.8 Å². The third-order valence-corrected chi connectivity index (χ3v) is 11.7. The summed E-state index contributed by atoms with van der Waals surface area (Å²) in [6.07, 6.45) is 14.3. The highest BCUT2D eigenvalue weighted by atomic mass is 32.1. The normalized spacial score (nSPS) is 13.7. The average molecular weight is 705 g/mol. The van der Waals surface area contributed by atoms with Crippen LogP contribution in [0.15, 0.2) is 95.7 Å². The van der Waals surface area contributed by atoms with E-state index in [0.29, 0.717) is 11.8 Å². The molecular formula is C44H52N2O2S2. The second kappa shape index (κ2) is 17.8. The Balaban J connectivity index is 1.37. The number of fused-ring (bicyclic) bond motifs is 1. The number of anilines is 2. The molecule has 0 spiro atoms. The predicted molar refractivity (Wildman–Crippen MR) is 217 cm³/mol. The van der Waals surface area contributed by atoms with E-state index in [-0.39, 0.29) is 0 Å². The van der Waals surface area contributed by atoms with Crippen LogP contribution in [0.25, 0.3) is 33.3 Å². The highest BCUT2D eigenvalue weighted by Crippen LogP contribution is 2.32. The van der Waals surface area contributed by atoms with E-state index >= 15 is 0 Å². The number of ether oxygens (including phenoxy) is 2. The first-order chi connectivity index (χ1) is 24.6. The van der Waals surface area contributed by atoms with Gasteiger partial charge in [-0.3, -0.25) is 10.0 Å². The van der Waals surface area contributed by atoms with E-state index in [1.54, 1.807) is 22.7 Å². The van der Waals surface area contributed by atoms with Crippen LogP contribution >= 0.6 is 22.7 Å². The summed E-state index contributed by atoms with van der Waals surface area (Å²) in [6, 6.07) is 30.5. The summed E-state index contributed by atoms with van der Waals surface area (Å²) in [5.41, 5.74) is 4.62. The van der Waals surface area contributed by atoms with Crippen molar-refractivity contribution >= 4 is 46.4 Å². The summed E-state index contributed by atoms with van der Waals surface area (Å²) >= 11 is 3.57. The minimum absolute atomic E-state index is 0.594. The molecule has 0 aliphatic carbocycles. The van der Waals surface area contributed by atoms with Gasteiger partial charge in [-0.25, -0.2) is 0 Å². The van der Waals surface area contributed by atoms with Gasteiger partial charge in [0.1, 0.15) is 11.5 Å².